The van der Waals surface area contributed by atoms with Crippen molar-refractivity contribution in [3.8, 4) is 6.07 Å². The summed E-state index contributed by atoms with van der Waals surface area (Å²) in [5, 5.41) is 14.3. The van der Waals surface area contributed by atoms with E-state index in [-0.39, 0.29) is 21.9 Å². The van der Waals surface area contributed by atoms with Gasteiger partial charge in [0.25, 0.3) is 0 Å². The van der Waals surface area contributed by atoms with Gasteiger partial charge >= 0.3 is 6.03 Å². The van der Waals surface area contributed by atoms with Crippen LogP contribution in [0.25, 0.3) is 5.70 Å². The molecule has 0 spiro atoms. The van der Waals surface area contributed by atoms with E-state index in [9.17, 15) is 18.5 Å². The minimum atomic E-state index is -3.89. The van der Waals surface area contributed by atoms with Gasteiger partial charge in [0.1, 0.15) is 6.04 Å². The number of hydrogen-bond acceptors (Lipinski definition) is 4. The summed E-state index contributed by atoms with van der Waals surface area (Å²) in [6.07, 6.45) is -0.115. The van der Waals surface area contributed by atoms with Crippen LogP contribution < -0.4 is 10.6 Å². The van der Waals surface area contributed by atoms with Crippen LogP contribution in [0.15, 0.2) is 64.4 Å². The Morgan fingerprint density at radius 1 is 1.08 bits per heavy atom. The molecule has 3 rings (SSSR count). The van der Waals surface area contributed by atoms with Gasteiger partial charge in [0.2, 0.25) is 9.84 Å². The van der Waals surface area contributed by atoms with E-state index in [1.165, 1.54) is 12.1 Å². The maximum Gasteiger partial charge on any atom is 0.320 e. The van der Waals surface area contributed by atoms with Crippen LogP contribution in [-0.4, -0.2) is 20.5 Å². The van der Waals surface area contributed by atoms with Gasteiger partial charge in [-0.1, -0.05) is 48.0 Å². The number of amides is 2. The molecule has 0 fully saturated rings. The predicted molar refractivity (Wildman–Crippen MR) is 97.4 cm³/mol. The van der Waals surface area contributed by atoms with Crippen LogP contribution in [0.2, 0.25) is 0 Å². The fourth-order valence-corrected chi connectivity index (χ4v) is 4.34. The number of nitrogens with zero attached hydrogens (tertiary/aromatic N) is 1. The van der Waals surface area contributed by atoms with Gasteiger partial charge in [-0.15, -0.1) is 0 Å². The molecule has 2 aromatic rings. The van der Waals surface area contributed by atoms with Crippen molar-refractivity contribution in [2.45, 2.75) is 24.3 Å². The van der Waals surface area contributed by atoms with Gasteiger partial charge in [0.05, 0.1) is 21.6 Å². The van der Waals surface area contributed by atoms with Gasteiger partial charge in [-0.05, 0) is 24.6 Å². The zero-order valence-electron chi connectivity index (χ0n) is 14.1. The lowest BCUT2D eigenvalue weighted by molar-refractivity contribution is 0.243. The highest BCUT2D eigenvalue weighted by atomic mass is 32.2. The highest BCUT2D eigenvalue weighted by molar-refractivity contribution is 7.95. The smallest absolute Gasteiger partial charge is 0.320 e. The second kappa shape index (κ2) is 7.02. The van der Waals surface area contributed by atoms with Crippen LogP contribution in [0.1, 0.15) is 17.5 Å². The summed E-state index contributed by atoms with van der Waals surface area (Å²) in [4.78, 5) is 12.2. The molecule has 0 radical (unpaired) electrons. The van der Waals surface area contributed by atoms with Gasteiger partial charge in [-0.2, -0.15) is 5.26 Å². The molecule has 1 heterocycles. The number of carbonyl (C=O) groups excluding carboxylic acids is 1. The third kappa shape index (κ3) is 3.46. The maximum atomic E-state index is 13.3. The van der Waals surface area contributed by atoms with Crippen molar-refractivity contribution >= 4 is 21.6 Å². The van der Waals surface area contributed by atoms with Crippen LogP contribution in [0.5, 0.6) is 0 Å². The molecule has 7 heteroatoms. The molecule has 0 aliphatic carbocycles. The van der Waals surface area contributed by atoms with Crippen molar-refractivity contribution in [3.63, 3.8) is 0 Å². The molecular weight excluding hydrogens is 350 g/mol. The fraction of sp³-hybridized carbons (Fsp3) is 0.158. The van der Waals surface area contributed by atoms with E-state index in [0.717, 1.165) is 5.56 Å². The Kier molecular flexibility index (Phi) is 4.78. The minimum Gasteiger partial charge on any atom is -0.322 e. The van der Waals surface area contributed by atoms with Gasteiger partial charge < -0.3 is 10.6 Å². The molecule has 0 saturated heterocycles. The summed E-state index contributed by atoms with van der Waals surface area (Å²) >= 11 is 0. The Bertz CT molecular complexity index is 1000. The number of sulfone groups is 1. The molecule has 2 aromatic carbocycles. The van der Waals surface area contributed by atoms with Crippen LogP contribution in [0.3, 0.4) is 0 Å². The Balaban J connectivity index is 2.23. The van der Waals surface area contributed by atoms with E-state index in [1.54, 1.807) is 42.5 Å². The van der Waals surface area contributed by atoms with Crippen molar-refractivity contribution in [1.82, 2.24) is 10.6 Å². The molecule has 0 bridgehead atoms. The number of nitrogens with one attached hydrogen (secondary N) is 2. The van der Waals surface area contributed by atoms with Crippen molar-refractivity contribution in [2.75, 3.05) is 0 Å². The van der Waals surface area contributed by atoms with Crippen molar-refractivity contribution in [1.29, 1.82) is 5.26 Å². The summed E-state index contributed by atoms with van der Waals surface area (Å²) < 4.78 is 26.5. The van der Waals surface area contributed by atoms with E-state index in [0.29, 0.717) is 5.56 Å². The molecule has 1 aliphatic rings. The third-order valence-electron chi connectivity index (χ3n) is 4.09. The van der Waals surface area contributed by atoms with Crippen molar-refractivity contribution in [3.05, 3.63) is 70.6 Å². The van der Waals surface area contributed by atoms with E-state index in [4.69, 9.17) is 0 Å². The molecule has 2 amide bonds. The molecule has 1 atom stereocenters. The molecule has 2 N–H and O–H groups in total. The predicted octanol–water partition coefficient (Wildman–Crippen LogP) is 2.73. The first-order chi connectivity index (χ1) is 12.4. The lowest BCUT2D eigenvalue weighted by atomic mass is 10.1. The van der Waals surface area contributed by atoms with Crippen LogP contribution in [-0.2, 0) is 9.84 Å². The lowest BCUT2D eigenvalue weighted by Gasteiger charge is -2.14. The Morgan fingerprint density at radius 3 is 2.35 bits per heavy atom. The quantitative estimate of drug-likeness (QED) is 0.871. The Hall–Kier alpha value is -3.11. The maximum absolute atomic E-state index is 13.3. The van der Waals surface area contributed by atoms with Crippen molar-refractivity contribution in [2.24, 2.45) is 0 Å². The summed E-state index contributed by atoms with van der Waals surface area (Å²) in [6, 6.07) is 15.6. The third-order valence-corrected chi connectivity index (χ3v) is 6.00. The Morgan fingerprint density at radius 2 is 1.73 bits per heavy atom. The van der Waals surface area contributed by atoms with Crippen LogP contribution in [0.4, 0.5) is 4.79 Å². The number of rotatable bonds is 3. The van der Waals surface area contributed by atoms with Gasteiger partial charge in [0, 0.05) is 6.42 Å². The lowest BCUT2D eigenvalue weighted by Crippen LogP contribution is -2.38. The van der Waals surface area contributed by atoms with Crippen LogP contribution in [0, 0.1) is 18.3 Å². The zero-order valence-corrected chi connectivity index (χ0v) is 14.9. The molecule has 0 saturated carbocycles. The molecule has 1 unspecified atom stereocenters. The number of aryl methyl sites for hydroxylation is 1. The van der Waals surface area contributed by atoms with Crippen LogP contribution >= 0.6 is 0 Å². The minimum absolute atomic E-state index is 0.0115. The van der Waals surface area contributed by atoms with Gasteiger partial charge in [-0.25, -0.2) is 13.2 Å². The van der Waals surface area contributed by atoms with E-state index in [2.05, 4.69) is 10.6 Å². The molecule has 132 valence electrons. The van der Waals surface area contributed by atoms with E-state index in [1.807, 2.05) is 13.0 Å². The summed E-state index contributed by atoms with van der Waals surface area (Å²) in [6.45, 7) is 1.87. The first kappa shape index (κ1) is 17.7. The highest BCUT2D eigenvalue weighted by Gasteiger charge is 2.32. The van der Waals surface area contributed by atoms with Crippen molar-refractivity contribution < 1.29 is 13.2 Å². The fourth-order valence-electron chi connectivity index (χ4n) is 2.74. The number of hydrogen-bond donors (Lipinski definition) is 2. The molecule has 1 aliphatic heterocycles. The summed E-state index contributed by atoms with van der Waals surface area (Å²) in [7, 11) is -3.89. The average molecular weight is 367 g/mol. The SMILES string of the molecule is Cc1ccc(S(=O)(=O)C2=C(c3ccccc3)NC(=O)NC(C#N)C2)cc1. The Labute approximate surface area is 152 Å². The number of urea groups is 1. The second-order valence-electron chi connectivity index (χ2n) is 5.96. The number of carbonyl (C=O) groups is 1. The average Bonchev–Trinajstić information content (AvgIpc) is 2.82. The zero-order chi connectivity index (χ0) is 18.7. The highest BCUT2D eigenvalue weighted by Crippen LogP contribution is 2.31. The summed E-state index contributed by atoms with van der Waals surface area (Å²) in [5.41, 5.74) is 1.69. The standard InChI is InChI=1S/C19H17N3O3S/c1-13-7-9-16(10-8-13)26(24,25)17-11-15(12-20)21-19(23)22-18(17)14-5-3-2-4-6-14/h2-10,15H,11H2,1H3,(H2,21,22,23). The monoisotopic (exact) mass is 367 g/mol. The topological polar surface area (TPSA) is 99.1 Å². The first-order valence-corrected chi connectivity index (χ1v) is 9.47. The summed E-state index contributed by atoms with van der Waals surface area (Å²) in [5.74, 6) is 0. The molecule has 0 aromatic heterocycles. The van der Waals surface area contributed by atoms with Gasteiger partial charge in [-0.3, -0.25) is 0 Å². The number of benzene rings is 2. The molecule has 26 heavy (non-hydrogen) atoms. The van der Waals surface area contributed by atoms with E-state index < -0.39 is 21.9 Å². The second-order valence-corrected chi connectivity index (χ2v) is 7.94. The normalized spacial score (nSPS) is 17.7. The first-order valence-electron chi connectivity index (χ1n) is 7.99. The van der Waals surface area contributed by atoms with E-state index >= 15 is 0 Å². The largest absolute Gasteiger partial charge is 0.322 e. The molecule has 6 nitrogen and oxygen atoms in total. The molecular formula is C19H17N3O3S. The van der Waals surface area contributed by atoms with Gasteiger partial charge in [0.15, 0.2) is 0 Å². The number of nitriles is 1.